The molecule has 1 aliphatic rings. The fourth-order valence-corrected chi connectivity index (χ4v) is 3.43. The average Bonchev–Trinajstić information content (AvgIpc) is 2.54. The van der Waals surface area contributed by atoms with E-state index in [2.05, 4.69) is 19.6 Å². The van der Waals surface area contributed by atoms with Crippen LogP contribution in [0.2, 0.25) is 0 Å². The molecule has 6 nitrogen and oxygen atoms in total. The molecule has 1 fully saturated rings. The average molecular weight is 318 g/mol. The van der Waals surface area contributed by atoms with Crippen LogP contribution in [0, 0.1) is 5.92 Å². The van der Waals surface area contributed by atoms with E-state index in [4.69, 9.17) is 0 Å². The van der Waals surface area contributed by atoms with Crippen molar-refractivity contribution in [2.45, 2.75) is 25.3 Å². The number of aromatic nitrogens is 2. The molecule has 0 amide bonds. The lowest BCUT2D eigenvalue weighted by Gasteiger charge is -2.24. The van der Waals surface area contributed by atoms with Gasteiger partial charge in [-0.1, -0.05) is 18.2 Å². The minimum Gasteiger partial charge on any atom is -0.317 e. The third-order valence-corrected chi connectivity index (χ3v) is 4.54. The lowest BCUT2D eigenvalue weighted by Crippen LogP contribution is -2.28. The van der Waals surface area contributed by atoms with Crippen LogP contribution in [0.5, 0.6) is 0 Å². The Labute approximate surface area is 130 Å². The Morgan fingerprint density at radius 1 is 1.23 bits per heavy atom. The SMILES string of the molecule is O=S(=O)=NC(CC1CCNCC1)c1ncnc2ccccc12. The molecule has 2 heterocycles. The smallest absolute Gasteiger partial charge is 0.311 e. The van der Waals surface area contributed by atoms with E-state index < -0.39 is 16.5 Å². The summed E-state index contributed by atoms with van der Waals surface area (Å²) in [5.74, 6) is 0.465. The van der Waals surface area contributed by atoms with Gasteiger partial charge in [0, 0.05) is 5.39 Å². The fourth-order valence-electron chi connectivity index (χ4n) is 3.03. The molecule has 3 rings (SSSR count). The Kier molecular flexibility index (Phi) is 4.74. The molecule has 0 bridgehead atoms. The molecular weight excluding hydrogens is 300 g/mol. The molecule has 1 aromatic heterocycles. The van der Waals surface area contributed by atoms with Gasteiger partial charge in [-0.15, -0.1) is 0 Å². The van der Waals surface area contributed by atoms with Gasteiger partial charge in [0.2, 0.25) is 0 Å². The first kappa shape index (κ1) is 15.1. The maximum absolute atomic E-state index is 11.1. The van der Waals surface area contributed by atoms with E-state index in [0.29, 0.717) is 18.0 Å². The third-order valence-electron chi connectivity index (χ3n) is 4.12. The first-order chi connectivity index (χ1) is 10.7. The molecule has 0 spiro atoms. The zero-order chi connectivity index (χ0) is 15.4. The largest absolute Gasteiger partial charge is 0.317 e. The Hall–Kier alpha value is -1.86. The minimum atomic E-state index is -2.44. The number of benzene rings is 1. The van der Waals surface area contributed by atoms with Gasteiger partial charge in [-0.25, -0.2) is 9.97 Å². The third kappa shape index (κ3) is 3.48. The summed E-state index contributed by atoms with van der Waals surface area (Å²) in [7, 11) is -2.44. The molecule has 1 N–H and O–H groups in total. The molecule has 0 saturated carbocycles. The standard InChI is InChI=1S/C15H18N4O2S/c20-22(21)19-14(9-11-5-7-16-8-6-11)15-12-3-1-2-4-13(12)17-10-18-15/h1-4,10-11,14,16H,5-9H2. The molecule has 22 heavy (non-hydrogen) atoms. The molecular formula is C15H18N4O2S. The van der Waals surface area contributed by atoms with E-state index in [1.807, 2.05) is 24.3 Å². The summed E-state index contributed by atoms with van der Waals surface area (Å²) in [6, 6.07) is 7.20. The highest BCUT2D eigenvalue weighted by Gasteiger charge is 2.22. The lowest BCUT2D eigenvalue weighted by atomic mass is 9.89. The van der Waals surface area contributed by atoms with Gasteiger partial charge in [-0.2, -0.15) is 12.8 Å². The summed E-state index contributed by atoms with van der Waals surface area (Å²) in [5, 5.41) is 4.19. The van der Waals surface area contributed by atoms with E-state index in [1.165, 1.54) is 6.33 Å². The van der Waals surface area contributed by atoms with Crippen LogP contribution in [-0.2, 0) is 10.5 Å². The summed E-state index contributed by atoms with van der Waals surface area (Å²) in [6.07, 6.45) is 4.27. The van der Waals surface area contributed by atoms with Crippen molar-refractivity contribution in [3.8, 4) is 0 Å². The summed E-state index contributed by atoms with van der Waals surface area (Å²) in [6.45, 7) is 1.95. The molecule has 2 aromatic rings. The number of piperidine rings is 1. The number of nitrogens with one attached hydrogen (secondary N) is 1. The van der Waals surface area contributed by atoms with E-state index in [9.17, 15) is 8.42 Å². The molecule has 1 aromatic carbocycles. The number of nitrogens with zero attached hydrogens (tertiary/aromatic N) is 3. The topological polar surface area (TPSA) is 84.3 Å². The molecule has 1 aliphatic heterocycles. The van der Waals surface area contributed by atoms with Crippen LogP contribution in [0.4, 0.5) is 0 Å². The number of hydrogen-bond donors (Lipinski definition) is 1. The Bertz CT molecular complexity index is 772. The van der Waals surface area contributed by atoms with Crippen molar-refractivity contribution in [3.05, 3.63) is 36.3 Å². The van der Waals surface area contributed by atoms with Crippen molar-refractivity contribution in [1.29, 1.82) is 0 Å². The van der Waals surface area contributed by atoms with Gasteiger partial charge >= 0.3 is 10.5 Å². The highest BCUT2D eigenvalue weighted by Crippen LogP contribution is 2.31. The van der Waals surface area contributed by atoms with Gasteiger partial charge < -0.3 is 5.32 Å². The Morgan fingerprint density at radius 3 is 2.77 bits per heavy atom. The van der Waals surface area contributed by atoms with Crippen molar-refractivity contribution in [2.75, 3.05) is 13.1 Å². The second kappa shape index (κ2) is 6.93. The highest BCUT2D eigenvalue weighted by atomic mass is 32.2. The van der Waals surface area contributed by atoms with Crippen molar-refractivity contribution in [2.24, 2.45) is 10.3 Å². The van der Waals surface area contributed by atoms with Gasteiger partial charge in [0.25, 0.3) is 0 Å². The van der Waals surface area contributed by atoms with Gasteiger partial charge in [0.05, 0.1) is 11.2 Å². The van der Waals surface area contributed by atoms with Crippen LogP contribution >= 0.6 is 0 Å². The number of fused-ring (bicyclic) bond motifs is 1. The fraction of sp³-hybridized carbons (Fsp3) is 0.467. The molecule has 0 aliphatic carbocycles. The summed E-state index contributed by atoms with van der Waals surface area (Å²) >= 11 is 0. The van der Waals surface area contributed by atoms with Crippen LogP contribution in [0.15, 0.2) is 35.0 Å². The number of rotatable bonds is 4. The monoisotopic (exact) mass is 318 g/mol. The highest BCUT2D eigenvalue weighted by molar-refractivity contribution is 7.61. The quantitative estimate of drug-likeness (QED) is 0.933. The number of hydrogen-bond acceptors (Lipinski definition) is 6. The van der Waals surface area contributed by atoms with E-state index in [0.717, 1.165) is 36.8 Å². The van der Waals surface area contributed by atoms with Crippen LogP contribution in [0.25, 0.3) is 10.9 Å². The summed E-state index contributed by atoms with van der Waals surface area (Å²) < 4.78 is 26.2. The zero-order valence-corrected chi connectivity index (χ0v) is 13.0. The van der Waals surface area contributed by atoms with Crippen molar-refractivity contribution in [3.63, 3.8) is 0 Å². The molecule has 1 atom stereocenters. The number of para-hydroxylation sites is 1. The molecule has 1 unspecified atom stereocenters. The predicted molar refractivity (Wildman–Crippen MR) is 83.8 cm³/mol. The molecule has 7 heteroatoms. The van der Waals surface area contributed by atoms with E-state index in [1.54, 1.807) is 0 Å². The molecule has 0 radical (unpaired) electrons. The lowest BCUT2D eigenvalue weighted by molar-refractivity contribution is 0.333. The van der Waals surface area contributed by atoms with Crippen molar-refractivity contribution >= 4 is 21.4 Å². The van der Waals surface area contributed by atoms with Crippen LogP contribution in [0.1, 0.15) is 31.0 Å². The Morgan fingerprint density at radius 2 is 2.00 bits per heavy atom. The molecule has 1 saturated heterocycles. The van der Waals surface area contributed by atoms with Gasteiger partial charge in [-0.05, 0) is 44.3 Å². The summed E-state index contributed by atoms with van der Waals surface area (Å²) in [4.78, 5) is 8.57. The maximum Gasteiger partial charge on any atom is 0.311 e. The molecule has 116 valence electrons. The first-order valence-electron chi connectivity index (χ1n) is 7.44. The first-order valence-corrected chi connectivity index (χ1v) is 8.48. The summed E-state index contributed by atoms with van der Waals surface area (Å²) in [5.41, 5.74) is 1.52. The second-order valence-corrected chi connectivity index (χ2v) is 6.19. The second-order valence-electron chi connectivity index (χ2n) is 5.54. The van der Waals surface area contributed by atoms with Crippen LogP contribution in [-0.4, -0.2) is 31.5 Å². The minimum absolute atomic E-state index is 0.436. The predicted octanol–water partition coefficient (Wildman–Crippen LogP) is 2.12. The normalized spacial score (nSPS) is 17.3. The van der Waals surface area contributed by atoms with Gasteiger partial charge in [0.1, 0.15) is 12.4 Å². The van der Waals surface area contributed by atoms with Crippen molar-refractivity contribution in [1.82, 2.24) is 15.3 Å². The van der Waals surface area contributed by atoms with Crippen molar-refractivity contribution < 1.29 is 8.42 Å². The zero-order valence-electron chi connectivity index (χ0n) is 12.1. The maximum atomic E-state index is 11.1. The van der Waals surface area contributed by atoms with Gasteiger partial charge in [0.15, 0.2) is 0 Å². The van der Waals surface area contributed by atoms with E-state index in [-0.39, 0.29) is 0 Å². The van der Waals surface area contributed by atoms with Gasteiger partial charge in [-0.3, -0.25) is 0 Å². The van der Waals surface area contributed by atoms with E-state index >= 15 is 0 Å². The Balaban J connectivity index is 1.98. The van der Waals surface area contributed by atoms with Crippen LogP contribution in [0.3, 0.4) is 0 Å². The van der Waals surface area contributed by atoms with Crippen LogP contribution < -0.4 is 5.32 Å².